The van der Waals surface area contributed by atoms with Gasteiger partial charge in [-0.2, -0.15) is 0 Å². The zero-order chi connectivity index (χ0) is 8.27. The van der Waals surface area contributed by atoms with Crippen LogP contribution < -0.4 is 0 Å². The second-order valence-electron chi connectivity index (χ2n) is 3.56. The first kappa shape index (κ1) is 8.48. The Morgan fingerprint density at radius 1 is 1.36 bits per heavy atom. The lowest BCUT2D eigenvalue weighted by Gasteiger charge is -2.30. The Kier molecular flexibility index (Phi) is 2.84. The van der Waals surface area contributed by atoms with Gasteiger partial charge in [0, 0.05) is 0 Å². The second kappa shape index (κ2) is 3.68. The van der Waals surface area contributed by atoms with Gasteiger partial charge in [0.25, 0.3) is 0 Å². The number of hydrogen-bond acceptors (Lipinski definition) is 2. The molecule has 62 valence electrons. The molecule has 0 spiro atoms. The molecular formula is C9H15NO. The first-order chi connectivity index (χ1) is 5.25. The van der Waals surface area contributed by atoms with Crippen LogP contribution in [0.15, 0.2) is 4.99 Å². The Hall–Kier alpha value is -0.620. The fourth-order valence-electron chi connectivity index (χ4n) is 1.80. The minimum absolute atomic E-state index is 0.247. The number of rotatable bonds is 1. The van der Waals surface area contributed by atoms with E-state index in [1.54, 1.807) is 6.08 Å². The smallest absolute Gasteiger partial charge is 0.211 e. The normalized spacial score (nSPS) is 37.8. The minimum atomic E-state index is 0.247. The Labute approximate surface area is 67.7 Å². The maximum absolute atomic E-state index is 10.0. The minimum Gasteiger partial charge on any atom is -0.211 e. The Bertz CT molecular complexity index is 172. The lowest BCUT2D eigenvalue weighted by Crippen LogP contribution is -2.26. The van der Waals surface area contributed by atoms with E-state index in [0.717, 1.165) is 6.42 Å². The molecule has 1 aliphatic rings. The Morgan fingerprint density at radius 3 is 2.73 bits per heavy atom. The van der Waals surface area contributed by atoms with E-state index in [2.05, 4.69) is 18.8 Å². The monoisotopic (exact) mass is 153 g/mol. The SMILES string of the molecule is CC1CCCC(N=C=O)C1C. The highest BCUT2D eigenvalue weighted by Gasteiger charge is 2.26. The van der Waals surface area contributed by atoms with E-state index >= 15 is 0 Å². The molecule has 11 heavy (non-hydrogen) atoms. The van der Waals surface area contributed by atoms with Crippen molar-refractivity contribution < 1.29 is 4.79 Å². The van der Waals surface area contributed by atoms with Gasteiger partial charge in [-0.3, -0.25) is 0 Å². The van der Waals surface area contributed by atoms with Crippen molar-refractivity contribution in [2.24, 2.45) is 16.8 Å². The highest BCUT2D eigenvalue weighted by molar-refractivity contribution is 5.33. The third-order valence-electron chi connectivity index (χ3n) is 2.88. The molecule has 1 rings (SSSR count). The van der Waals surface area contributed by atoms with Gasteiger partial charge in [-0.25, -0.2) is 9.79 Å². The standard InChI is InChI=1S/C9H15NO/c1-7-4-3-5-9(8(7)2)10-6-11/h7-9H,3-5H2,1-2H3. The summed E-state index contributed by atoms with van der Waals surface area (Å²) in [6.45, 7) is 4.41. The average Bonchev–Trinajstić information content (AvgIpc) is 1.99. The van der Waals surface area contributed by atoms with Crippen molar-refractivity contribution in [2.75, 3.05) is 0 Å². The van der Waals surface area contributed by atoms with Gasteiger partial charge in [0.05, 0.1) is 6.04 Å². The summed E-state index contributed by atoms with van der Waals surface area (Å²) in [5.41, 5.74) is 0. The van der Waals surface area contributed by atoms with E-state index < -0.39 is 0 Å². The summed E-state index contributed by atoms with van der Waals surface area (Å²) in [6, 6.07) is 0.247. The summed E-state index contributed by atoms with van der Waals surface area (Å²) in [5.74, 6) is 1.27. The van der Waals surface area contributed by atoms with Crippen LogP contribution in [0.4, 0.5) is 0 Å². The molecule has 3 unspecified atom stereocenters. The molecule has 3 atom stereocenters. The maximum atomic E-state index is 10.0. The van der Waals surface area contributed by atoms with Crippen LogP contribution in [0.25, 0.3) is 0 Å². The van der Waals surface area contributed by atoms with E-state index in [-0.39, 0.29) is 6.04 Å². The van der Waals surface area contributed by atoms with Gasteiger partial charge >= 0.3 is 0 Å². The molecule has 0 saturated heterocycles. The number of hydrogen-bond donors (Lipinski definition) is 0. The van der Waals surface area contributed by atoms with Gasteiger partial charge in [0.15, 0.2) is 0 Å². The van der Waals surface area contributed by atoms with Crippen molar-refractivity contribution in [2.45, 2.75) is 39.2 Å². The molecule has 0 heterocycles. The van der Waals surface area contributed by atoms with E-state index in [0.29, 0.717) is 11.8 Å². The van der Waals surface area contributed by atoms with Gasteiger partial charge in [-0.1, -0.05) is 26.7 Å². The number of nitrogens with zero attached hydrogens (tertiary/aromatic N) is 1. The average molecular weight is 153 g/mol. The third-order valence-corrected chi connectivity index (χ3v) is 2.88. The van der Waals surface area contributed by atoms with Crippen LogP contribution >= 0.6 is 0 Å². The zero-order valence-electron chi connectivity index (χ0n) is 7.21. The molecule has 1 fully saturated rings. The summed E-state index contributed by atoms with van der Waals surface area (Å²) < 4.78 is 0. The molecule has 0 bridgehead atoms. The predicted octanol–water partition coefficient (Wildman–Crippen LogP) is 2.15. The van der Waals surface area contributed by atoms with Gasteiger partial charge in [-0.15, -0.1) is 0 Å². The third kappa shape index (κ3) is 1.90. The van der Waals surface area contributed by atoms with Crippen LogP contribution in [-0.2, 0) is 4.79 Å². The van der Waals surface area contributed by atoms with Gasteiger partial charge in [0.2, 0.25) is 6.08 Å². The number of carbonyl (C=O) groups excluding carboxylic acids is 1. The molecule has 0 aliphatic heterocycles. The summed E-state index contributed by atoms with van der Waals surface area (Å²) in [4.78, 5) is 13.8. The maximum Gasteiger partial charge on any atom is 0.235 e. The first-order valence-electron chi connectivity index (χ1n) is 4.32. The molecule has 1 aliphatic carbocycles. The van der Waals surface area contributed by atoms with Crippen LogP contribution in [0.1, 0.15) is 33.1 Å². The molecule has 0 aromatic carbocycles. The molecule has 0 N–H and O–H groups in total. The topological polar surface area (TPSA) is 29.4 Å². The first-order valence-corrected chi connectivity index (χ1v) is 4.32. The summed E-state index contributed by atoms with van der Waals surface area (Å²) >= 11 is 0. The molecule has 2 nitrogen and oxygen atoms in total. The summed E-state index contributed by atoms with van der Waals surface area (Å²) in [7, 11) is 0. The van der Waals surface area contributed by atoms with Crippen LogP contribution in [0, 0.1) is 11.8 Å². The highest BCUT2D eigenvalue weighted by Crippen LogP contribution is 2.31. The molecule has 1 saturated carbocycles. The highest BCUT2D eigenvalue weighted by atomic mass is 16.1. The lowest BCUT2D eigenvalue weighted by molar-refractivity contribution is 0.241. The van der Waals surface area contributed by atoms with E-state index in [9.17, 15) is 4.79 Å². The van der Waals surface area contributed by atoms with E-state index in [4.69, 9.17) is 0 Å². The molecular weight excluding hydrogens is 138 g/mol. The molecule has 0 aromatic rings. The molecule has 0 amide bonds. The quantitative estimate of drug-likeness (QED) is 0.419. The van der Waals surface area contributed by atoms with Crippen molar-refractivity contribution >= 4 is 6.08 Å². The van der Waals surface area contributed by atoms with E-state index in [1.165, 1.54) is 12.8 Å². The van der Waals surface area contributed by atoms with Crippen LogP contribution in [0.3, 0.4) is 0 Å². The number of aliphatic imine (C=N–C) groups is 1. The van der Waals surface area contributed by atoms with Crippen molar-refractivity contribution in [3.8, 4) is 0 Å². The fourth-order valence-corrected chi connectivity index (χ4v) is 1.80. The summed E-state index contributed by atoms with van der Waals surface area (Å²) in [6.07, 6.45) is 5.23. The predicted molar refractivity (Wildman–Crippen MR) is 44.1 cm³/mol. The molecule has 0 aromatic heterocycles. The van der Waals surface area contributed by atoms with Gasteiger partial charge < -0.3 is 0 Å². The van der Waals surface area contributed by atoms with Crippen molar-refractivity contribution in [3.05, 3.63) is 0 Å². The number of isocyanates is 1. The zero-order valence-corrected chi connectivity index (χ0v) is 7.21. The van der Waals surface area contributed by atoms with Crippen molar-refractivity contribution in [3.63, 3.8) is 0 Å². The summed E-state index contributed by atoms with van der Waals surface area (Å²) in [5, 5.41) is 0. The van der Waals surface area contributed by atoms with Crippen LogP contribution in [-0.4, -0.2) is 12.1 Å². The van der Waals surface area contributed by atoms with Gasteiger partial charge in [0.1, 0.15) is 0 Å². The second-order valence-corrected chi connectivity index (χ2v) is 3.56. The molecule has 2 heteroatoms. The Balaban J connectivity index is 2.57. The van der Waals surface area contributed by atoms with Crippen LogP contribution in [0.5, 0.6) is 0 Å². The molecule has 0 radical (unpaired) electrons. The van der Waals surface area contributed by atoms with Crippen LogP contribution in [0.2, 0.25) is 0 Å². The Morgan fingerprint density at radius 2 is 2.09 bits per heavy atom. The fraction of sp³-hybridized carbons (Fsp3) is 0.889. The van der Waals surface area contributed by atoms with Gasteiger partial charge in [-0.05, 0) is 18.3 Å². The van der Waals surface area contributed by atoms with Crippen molar-refractivity contribution in [1.29, 1.82) is 0 Å². The van der Waals surface area contributed by atoms with Crippen molar-refractivity contribution in [1.82, 2.24) is 0 Å². The van der Waals surface area contributed by atoms with E-state index in [1.807, 2.05) is 0 Å². The largest absolute Gasteiger partial charge is 0.235 e. The lowest BCUT2D eigenvalue weighted by atomic mass is 9.78.